The van der Waals surface area contributed by atoms with Crippen LogP contribution in [0.5, 0.6) is 0 Å². The summed E-state index contributed by atoms with van der Waals surface area (Å²) in [5, 5.41) is 6.34. The van der Waals surface area contributed by atoms with E-state index in [0.717, 1.165) is 24.2 Å². The highest BCUT2D eigenvalue weighted by atomic mass is 16.5. The van der Waals surface area contributed by atoms with Crippen molar-refractivity contribution in [2.75, 3.05) is 19.8 Å². The van der Waals surface area contributed by atoms with Crippen molar-refractivity contribution < 1.29 is 9.53 Å². The summed E-state index contributed by atoms with van der Waals surface area (Å²) < 4.78 is 5.42. The third-order valence-corrected chi connectivity index (χ3v) is 3.51. The predicted molar refractivity (Wildman–Crippen MR) is 77.2 cm³/mol. The number of carbonyl (C=O) groups is 1. The molecule has 2 heterocycles. The highest BCUT2D eigenvalue weighted by Gasteiger charge is 2.33. The van der Waals surface area contributed by atoms with Gasteiger partial charge in [-0.15, -0.1) is 0 Å². The van der Waals surface area contributed by atoms with E-state index in [0.29, 0.717) is 19.8 Å². The minimum Gasteiger partial charge on any atom is -0.379 e. The van der Waals surface area contributed by atoms with Crippen LogP contribution in [0.3, 0.4) is 0 Å². The maximum atomic E-state index is 12.2. The van der Waals surface area contributed by atoms with E-state index in [-0.39, 0.29) is 17.9 Å². The molecule has 2 N–H and O–H groups in total. The summed E-state index contributed by atoms with van der Waals surface area (Å²) >= 11 is 0. The molecule has 1 fully saturated rings. The molecule has 1 saturated heterocycles. The number of nitrogens with one attached hydrogen (secondary N) is 2. The van der Waals surface area contributed by atoms with Crippen LogP contribution in [-0.2, 0) is 16.1 Å². The molecule has 0 saturated carbocycles. The molecule has 1 aliphatic rings. The first-order valence-corrected chi connectivity index (χ1v) is 7.21. The summed E-state index contributed by atoms with van der Waals surface area (Å²) in [6.45, 7) is 6.61. The summed E-state index contributed by atoms with van der Waals surface area (Å²) in [6, 6.07) is 4.07. The van der Waals surface area contributed by atoms with E-state index < -0.39 is 0 Å². The summed E-state index contributed by atoms with van der Waals surface area (Å²) in [6.07, 6.45) is 2.85. The number of aryl methyl sites for hydroxylation is 1. The molecule has 1 amide bonds. The smallest absolute Gasteiger partial charge is 0.227 e. The summed E-state index contributed by atoms with van der Waals surface area (Å²) in [5.41, 5.74) is 1.99. The number of aromatic nitrogens is 1. The molecule has 1 aliphatic heterocycles. The number of carbonyl (C=O) groups excluding carboxylic acids is 1. The fraction of sp³-hybridized carbons (Fsp3) is 0.600. The zero-order chi connectivity index (χ0) is 14.4. The molecule has 1 aromatic rings. The van der Waals surface area contributed by atoms with Crippen molar-refractivity contribution in [1.82, 2.24) is 15.6 Å². The van der Waals surface area contributed by atoms with Gasteiger partial charge >= 0.3 is 0 Å². The fourth-order valence-corrected chi connectivity index (χ4v) is 2.27. The van der Waals surface area contributed by atoms with Gasteiger partial charge in [0.1, 0.15) is 0 Å². The Kier molecular flexibility index (Phi) is 5.49. The lowest BCUT2D eigenvalue weighted by Crippen LogP contribution is -2.44. The first kappa shape index (κ1) is 14.9. The monoisotopic (exact) mass is 277 g/mol. The summed E-state index contributed by atoms with van der Waals surface area (Å²) in [7, 11) is 0. The van der Waals surface area contributed by atoms with Gasteiger partial charge in [0.2, 0.25) is 5.91 Å². The minimum atomic E-state index is -0.0973. The van der Waals surface area contributed by atoms with Gasteiger partial charge < -0.3 is 15.4 Å². The van der Waals surface area contributed by atoms with Crippen molar-refractivity contribution in [3.63, 3.8) is 0 Å². The lowest BCUT2D eigenvalue weighted by atomic mass is 10.0. The first-order valence-electron chi connectivity index (χ1n) is 7.21. The van der Waals surface area contributed by atoms with Crippen molar-refractivity contribution in [1.29, 1.82) is 0 Å². The zero-order valence-corrected chi connectivity index (χ0v) is 12.2. The van der Waals surface area contributed by atoms with Gasteiger partial charge in [-0.3, -0.25) is 9.78 Å². The lowest BCUT2D eigenvalue weighted by molar-refractivity contribution is -0.125. The van der Waals surface area contributed by atoms with Gasteiger partial charge in [0, 0.05) is 24.5 Å². The van der Waals surface area contributed by atoms with Gasteiger partial charge in [-0.1, -0.05) is 13.0 Å². The number of rotatable bonds is 6. The van der Waals surface area contributed by atoms with Gasteiger partial charge in [-0.05, 0) is 31.5 Å². The van der Waals surface area contributed by atoms with E-state index in [2.05, 4.69) is 22.5 Å². The van der Waals surface area contributed by atoms with Crippen molar-refractivity contribution in [3.8, 4) is 0 Å². The molecule has 20 heavy (non-hydrogen) atoms. The van der Waals surface area contributed by atoms with Gasteiger partial charge in [0.05, 0.1) is 19.1 Å². The Hall–Kier alpha value is -1.46. The molecule has 2 unspecified atom stereocenters. The van der Waals surface area contributed by atoms with E-state index in [1.165, 1.54) is 0 Å². The van der Waals surface area contributed by atoms with E-state index in [4.69, 9.17) is 4.74 Å². The maximum Gasteiger partial charge on any atom is 0.227 e. The quantitative estimate of drug-likeness (QED) is 0.815. The minimum absolute atomic E-state index is 0.0525. The van der Waals surface area contributed by atoms with Crippen LogP contribution in [0.4, 0.5) is 0 Å². The van der Waals surface area contributed by atoms with Crippen LogP contribution >= 0.6 is 0 Å². The Morgan fingerprint density at radius 3 is 3.00 bits per heavy atom. The number of ether oxygens (including phenoxy) is 1. The molecule has 0 aliphatic carbocycles. The average Bonchev–Trinajstić information content (AvgIpc) is 2.92. The number of amides is 1. The predicted octanol–water partition coefficient (Wildman–Crippen LogP) is 1.02. The molecule has 2 atom stereocenters. The van der Waals surface area contributed by atoms with Crippen LogP contribution < -0.4 is 10.6 Å². The standard InChI is InChI=1S/C15H23N3O2/c1-3-6-16-14-10-20-9-13(14)15(19)18-8-12-5-4-11(2)17-7-12/h4-5,7,13-14,16H,3,6,8-10H2,1-2H3,(H,18,19). The Morgan fingerprint density at radius 2 is 2.30 bits per heavy atom. The number of nitrogens with zero attached hydrogens (tertiary/aromatic N) is 1. The van der Waals surface area contributed by atoms with E-state index in [1.807, 2.05) is 19.1 Å². The van der Waals surface area contributed by atoms with E-state index in [9.17, 15) is 4.79 Å². The van der Waals surface area contributed by atoms with Crippen LogP contribution in [0.1, 0.15) is 24.6 Å². The van der Waals surface area contributed by atoms with Gasteiger partial charge in [-0.2, -0.15) is 0 Å². The molecule has 0 bridgehead atoms. The number of hydrogen-bond donors (Lipinski definition) is 2. The second kappa shape index (κ2) is 7.36. The Bertz CT molecular complexity index is 433. The van der Waals surface area contributed by atoms with Gasteiger partial charge in [0.25, 0.3) is 0 Å². The van der Waals surface area contributed by atoms with Crippen LogP contribution in [0.15, 0.2) is 18.3 Å². The summed E-state index contributed by atoms with van der Waals surface area (Å²) in [4.78, 5) is 16.4. The molecule has 5 heteroatoms. The number of pyridine rings is 1. The largest absolute Gasteiger partial charge is 0.379 e. The van der Waals surface area contributed by atoms with E-state index in [1.54, 1.807) is 6.20 Å². The molecular formula is C15H23N3O2. The number of hydrogen-bond acceptors (Lipinski definition) is 4. The van der Waals surface area contributed by atoms with Crippen molar-refractivity contribution in [2.45, 2.75) is 32.9 Å². The third kappa shape index (κ3) is 4.02. The second-order valence-electron chi connectivity index (χ2n) is 5.23. The Morgan fingerprint density at radius 1 is 1.45 bits per heavy atom. The topological polar surface area (TPSA) is 63.2 Å². The average molecular weight is 277 g/mol. The van der Waals surface area contributed by atoms with Crippen LogP contribution in [-0.4, -0.2) is 36.7 Å². The van der Waals surface area contributed by atoms with Crippen molar-refractivity contribution >= 4 is 5.91 Å². The fourth-order valence-electron chi connectivity index (χ4n) is 2.27. The van der Waals surface area contributed by atoms with Crippen molar-refractivity contribution in [2.24, 2.45) is 5.92 Å². The molecule has 1 aromatic heterocycles. The molecule has 2 rings (SSSR count). The van der Waals surface area contributed by atoms with Crippen LogP contribution in [0, 0.1) is 12.8 Å². The highest BCUT2D eigenvalue weighted by molar-refractivity contribution is 5.79. The molecule has 5 nitrogen and oxygen atoms in total. The van der Waals surface area contributed by atoms with Crippen molar-refractivity contribution in [3.05, 3.63) is 29.6 Å². The third-order valence-electron chi connectivity index (χ3n) is 3.51. The van der Waals surface area contributed by atoms with Crippen LogP contribution in [0.2, 0.25) is 0 Å². The molecule has 0 spiro atoms. The molecule has 0 aromatic carbocycles. The molecule has 110 valence electrons. The van der Waals surface area contributed by atoms with Crippen LogP contribution in [0.25, 0.3) is 0 Å². The normalized spacial score (nSPS) is 21.9. The molecular weight excluding hydrogens is 254 g/mol. The zero-order valence-electron chi connectivity index (χ0n) is 12.2. The van der Waals surface area contributed by atoms with E-state index >= 15 is 0 Å². The lowest BCUT2D eigenvalue weighted by Gasteiger charge is -2.18. The summed E-state index contributed by atoms with van der Waals surface area (Å²) in [5.74, 6) is -0.0448. The maximum absolute atomic E-state index is 12.2. The Balaban J connectivity index is 1.83. The highest BCUT2D eigenvalue weighted by Crippen LogP contribution is 2.14. The first-order chi connectivity index (χ1) is 9.70. The van der Waals surface area contributed by atoms with Gasteiger partial charge in [0.15, 0.2) is 0 Å². The SMILES string of the molecule is CCCNC1COCC1C(=O)NCc1ccc(C)nc1. The second-order valence-corrected chi connectivity index (χ2v) is 5.23. The van der Waals surface area contributed by atoms with Gasteiger partial charge in [-0.25, -0.2) is 0 Å². The Labute approximate surface area is 120 Å². The molecule has 0 radical (unpaired) electrons.